The van der Waals surface area contributed by atoms with Gasteiger partial charge in [0.25, 0.3) is 0 Å². The number of hydrogen-bond donors (Lipinski definition) is 2. The smallest absolute Gasteiger partial charge is 0.241 e. The molecule has 1 aliphatic rings. The highest BCUT2D eigenvalue weighted by Gasteiger charge is 2.23. The van der Waals surface area contributed by atoms with Crippen molar-refractivity contribution in [1.82, 2.24) is 14.4 Å². The number of rotatable bonds is 7. The van der Waals surface area contributed by atoms with Crippen LogP contribution in [-0.2, 0) is 32.9 Å². The molecule has 2 N–H and O–H groups in total. The van der Waals surface area contributed by atoms with Gasteiger partial charge in [-0.25, -0.2) is 26.3 Å². The van der Waals surface area contributed by atoms with E-state index < -0.39 is 20.0 Å². The lowest BCUT2D eigenvalue weighted by Gasteiger charge is -2.19. The van der Waals surface area contributed by atoms with Gasteiger partial charge in [0.2, 0.25) is 20.0 Å². The number of sulfonamides is 2. The minimum atomic E-state index is -3.88. The van der Waals surface area contributed by atoms with Crippen LogP contribution in [0.5, 0.6) is 0 Å². The first-order chi connectivity index (χ1) is 14.8. The second-order valence-electron chi connectivity index (χ2n) is 7.34. The first-order valence-corrected chi connectivity index (χ1v) is 13.3. The largest absolute Gasteiger partial charge is 0.255 e. The number of nitrogens with zero attached hydrogens (tertiary/aromatic N) is 1. The average molecular weight is 480 g/mol. The van der Waals surface area contributed by atoms with Crippen LogP contribution in [0.25, 0.3) is 10.9 Å². The summed E-state index contributed by atoms with van der Waals surface area (Å²) in [5, 5.41) is 0.757. The predicted molar refractivity (Wildman–Crippen MR) is 120 cm³/mol. The molecule has 31 heavy (non-hydrogen) atoms. The molecule has 0 bridgehead atoms. The molecule has 0 aliphatic heterocycles. The Labute approximate surface area is 186 Å². The average Bonchev–Trinajstić information content (AvgIpc) is 2.76. The zero-order chi connectivity index (χ0) is 22.1. The Balaban J connectivity index is 1.46. The Morgan fingerprint density at radius 2 is 1.55 bits per heavy atom. The number of pyridine rings is 1. The van der Waals surface area contributed by atoms with Crippen LogP contribution >= 0.6 is 11.6 Å². The van der Waals surface area contributed by atoms with E-state index in [0.717, 1.165) is 36.8 Å². The lowest BCUT2D eigenvalue weighted by Crippen LogP contribution is -2.35. The van der Waals surface area contributed by atoms with Gasteiger partial charge in [0.15, 0.2) is 0 Å². The number of aryl methyl sites for hydroxylation is 1. The highest BCUT2D eigenvalue weighted by Crippen LogP contribution is 2.28. The van der Waals surface area contributed by atoms with Crippen LogP contribution in [0.1, 0.15) is 24.0 Å². The van der Waals surface area contributed by atoms with Crippen molar-refractivity contribution in [2.75, 3.05) is 13.1 Å². The van der Waals surface area contributed by atoms with Crippen molar-refractivity contribution in [2.24, 2.45) is 0 Å². The monoisotopic (exact) mass is 479 g/mol. The van der Waals surface area contributed by atoms with E-state index in [1.54, 1.807) is 24.3 Å². The zero-order valence-electron chi connectivity index (χ0n) is 16.6. The lowest BCUT2D eigenvalue weighted by atomic mass is 9.92. The van der Waals surface area contributed by atoms with Crippen LogP contribution in [0.2, 0.25) is 5.02 Å². The van der Waals surface area contributed by atoms with Gasteiger partial charge in [-0.15, -0.1) is 0 Å². The summed E-state index contributed by atoms with van der Waals surface area (Å²) in [5.41, 5.74) is 2.32. The molecule has 0 amide bonds. The van der Waals surface area contributed by atoms with E-state index in [2.05, 4.69) is 14.4 Å². The lowest BCUT2D eigenvalue weighted by molar-refractivity contribution is 0.569. The van der Waals surface area contributed by atoms with Crippen molar-refractivity contribution in [1.29, 1.82) is 0 Å². The first kappa shape index (κ1) is 22.2. The Morgan fingerprint density at radius 1 is 0.839 bits per heavy atom. The van der Waals surface area contributed by atoms with Crippen LogP contribution < -0.4 is 9.44 Å². The van der Waals surface area contributed by atoms with Gasteiger partial charge in [-0.1, -0.05) is 23.7 Å². The fourth-order valence-electron chi connectivity index (χ4n) is 3.87. The van der Waals surface area contributed by atoms with E-state index in [-0.39, 0.29) is 22.9 Å². The van der Waals surface area contributed by atoms with Gasteiger partial charge in [0.1, 0.15) is 0 Å². The van der Waals surface area contributed by atoms with Crippen molar-refractivity contribution in [3.05, 3.63) is 64.8 Å². The van der Waals surface area contributed by atoms with E-state index >= 15 is 0 Å². The molecule has 0 unspecified atom stereocenters. The van der Waals surface area contributed by atoms with Gasteiger partial charge in [0.05, 0.1) is 20.3 Å². The van der Waals surface area contributed by atoms with Gasteiger partial charge in [-0.05, 0) is 67.1 Å². The molecule has 164 valence electrons. The fraction of sp³-hybridized carbons (Fsp3) is 0.286. The molecule has 1 aliphatic carbocycles. The fourth-order valence-corrected chi connectivity index (χ4v) is 6.65. The maximum Gasteiger partial charge on any atom is 0.241 e. The number of fused-ring (bicyclic) bond motifs is 2. The van der Waals surface area contributed by atoms with Gasteiger partial charge < -0.3 is 0 Å². The second-order valence-corrected chi connectivity index (χ2v) is 11.2. The quantitative estimate of drug-likeness (QED) is 0.507. The van der Waals surface area contributed by atoms with Crippen molar-refractivity contribution < 1.29 is 16.8 Å². The highest BCUT2D eigenvalue weighted by molar-refractivity contribution is 7.90. The number of nitrogens with one attached hydrogen (secondary N) is 2. The molecule has 3 aromatic rings. The molecule has 1 aromatic heterocycles. The third-order valence-electron chi connectivity index (χ3n) is 5.32. The molecule has 0 saturated heterocycles. The molecule has 0 radical (unpaired) electrons. The van der Waals surface area contributed by atoms with Crippen molar-refractivity contribution in [3.8, 4) is 0 Å². The summed E-state index contributed by atoms with van der Waals surface area (Å²) in [6.45, 7) is -0.171. The van der Waals surface area contributed by atoms with Gasteiger partial charge >= 0.3 is 0 Å². The van der Waals surface area contributed by atoms with Gasteiger partial charge in [0, 0.05) is 24.7 Å². The maximum absolute atomic E-state index is 12.8. The third-order valence-corrected chi connectivity index (χ3v) is 8.69. The van der Waals surface area contributed by atoms with E-state index in [4.69, 9.17) is 11.6 Å². The van der Waals surface area contributed by atoms with Gasteiger partial charge in [-0.3, -0.25) is 4.98 Å². The molecule has 0 saturated carbocycles. The Morgan fingerprint density at radius 3 is 2.32 bits per heavy atom. The van der Waals surface area contributed by atoms with E-state index in [1.807, 2.05) is 6.07 Å². The number of aromatic nitrogens is 1. The van der Waals surface area contributed by atoms with E-state index in [1.165, 1.54) is 18.3 Å². The topological polar surface area (TPSA) is 105 Å². The molecule has 1 heterocycles. The summed E-state index contributed by atoms with van der Waals surface area (Å²) in [6, 6.07) is 11.5. The standard InChI is InChI=1S/C21H22ClN3O4S2/c22-18-10-11-20(17-8-4-12-23-21(17)18)31(28,29)25-14-13-24-30(26,27)19-9-3-6-15-5-1-2-7-16(15)19/h3-4,6,8-12,24-25H,1-2,5,7,13-14H2. The summed E-state index contributed by atoms with van der Waals surface area (Å²) < 4.78 is 56.1. The maximum atomic E-state index is 12.8. The summed E-state index contributed by atoms with van der Waals surface area (Å²) in [7, 11) is -7.62. The number of benzene rings is 2. The summed E-state index contributed by atoms with van der Waals surface area (Å²) in [4.78, 5) is 4.46. The van der Waals surface area contributed by atoms with Crippen molar-refractivity contribution >= 4 is 42.6 Å². The Hall–Kier alpha value is -2.04. The minimum absolute atomic E-state index is 0.0417. The molecule has 10 heteroatoms. The van der Waals surface area contributed by atoms with Crippen LogP contribution in [0.4, 0.5) is 0 Å². The normalized spacial score (nSPS) is 14.5. The van der Waals surface area contributed by atoms with Crippen LogP contribution in [0, 0.1) is 0 Å². The Kier molecular flexibility index (Phi) is 6.32. The Bertz CT molecular complexity index is 1340. The van der Waals surface area contributed by atoms with Crippen molar-refractivity contribution in [3.63, 3.8) is 0 Å². The van der Waals surface area contributed by atoms with E-state index in [9.17, 15) is 16.8 Å². The summed E-state index contributed by atoms with van der Waals surface area (Å²) in [6.07, 6.45) is 5.16. The van der Waals surface area contributed by atoms with Crippen LogP contribution in [0.15, 0.2) is 58.5 Å². The minimum Gasteiger partial charge on any atom is -0.255 e. The molecule has 0 atom stereocenters. The highest BCUT2D eigenvalue weighted by atomic mass is 35.5. The van der Waals surface area contributed by atoms with E-state index in [0.29, 0.717) is 15.9 Å². The molecule has 7 nitrogen and oxygen atoms in total. The van der Waals surface area contributed by atoms with Crippen LogP contribution in [-0.4, -0.2) is 34.9 Å². The molecule has 0 spiro atoms. The zero-order valence-corrected chi connectivity index (χ0v) is 19.0. The molecular weight excluding hydrogens is 458 g/mol. The summed E-state index contributed by atoms with van der Waals surface area (Å²) in [5.74, 6) is 0. The third kappa shape index (κ3) is 4.61. The molecular formula is C21H22ClN3O4S2. The number of halogens is 1. The predicted octanol–water partition coefficient (Wildman–Crippen LogP) is 3.02. The molecule has 2 aromatic carbocycles. The van der Waals surface area contributed by atoms with Crippen molar-refractivity contribution in [2.45, 2.75) is 35.5 Å². The van der Waals surface area contributed by atoms with Gasteiger partial charge in [-0.2, -0.15) is 0 Å². The summed E-state index contributed by atoms with van der Waals surface area (Å²) >= 11 is 6.11. The molecule has 0 fully saturated rings. The SMILES string of the molecule is O=S(=O)(NCCNS(=O)(=O)c1ccc(Cl)c2ncccc12)c1cccc2c1CCCC2. The first-order valence-electron chi connectivity index (χ1n) is 9.93. The molecule has 4 rings (SSSR count). The second kappa shape index (κ2) is 8.84. The number of hydrogen-bond acceptors (Lipinski definition) is 5. The van der Waals surface area contributed by atoms with Crippen LogP contribution in [0.3, 0.4) is 0 Å².